The van der Waals surface area contributed by atoms with Crippen molar-refractivity contribution in [2.24, 2.45) is 0 Å². The van der Waals surface area contributed by atoms with Crippen LogP contribution in [0.2, 0.25) is 5.02 Å². The zero-order valence-corrected chi connectivity index (χ0v) is 15.0. The summed E-state index contributed by atoms with van der Waals surface area (Å²) in [5.74, 6) is -1.37. The van der Waals surface area contributed by atoms with Gasteiger partial charge in [0.15, 0.2) is 6.61 Å². The topological polar surface area (TPSA) is 75.7 Å². The quantitative estimate of drug-likeness (QED) is 0.755. The van der Waals surface area contributed by atoms with Gasteiger partial charge in [0.1, 0.15) is 0 Å². The zero-order chi connectivity index (χ0) is 18.9. The number of nitrogens with one attached hydrogen (secondary N) is 1. The Hall–Kier alpha value is -2.86. The lowest BCUT2D eigenvalue weighted by Crippen LogP contribution is -2.37. The van der Waals surface area contributed by atoms with E-state index in [0.29, 0.717) is 10.7 Å². The molecule has 0 unspecified atom stereocenters. The second-order valence-corrected chi connectivity index (χ2v) is 6.01. The smallest absolute Gasteiger partial charge is 0.310 e. The second kappa shape index (κ2) is 9.58. The summed E-state index contributed by atoms with van der Waals surface area (Å²) in [4.78, 5) is 36.9. The van der Waals surface area contributed by atoms with Crippen LogP contribution in [-0.2, 0) is 25.5 Å². The van der Waals surface area contributed by atoms with E-state index in [1.165, 1.54) is 11.9 Å². The minimum atomic E-state index is -0.501. The first-order chi connectivity index (χ1) is 12.5. The molecule has 0 saturated carbocycles. The summed E-state index contributed by atoms with van der Waals surface area (Å²) in [6.07, 6.45) is 0.0881. The van der Waals surface area contributed by atoms with Gasteiger partial charge in [-0.15, -0.1) is 0 Å². The monoisotopic (exact) mass is 374 g/mol. The molecule has 0 fully saturated rings. The van der Waals surface area contributed by atoms with Gasteiger partial charge in [0, 0.05) is 7.05 Å². The van der Waals surface area contributed by atoms with Gasteiger partial charge >= 0.3 is 5.97 Å². The third-order valence-corrected chi connectivity index (χ3v) is 3.83. The van der Waals surface area contributed by atoms with Crippen LogP contribution in [0.25, 0.3) is 0 Å². The molecule has 0 aliphatic heterocycles. The minimum absolute atomic E-state index is 0.0881. The van der Waals surface area contributed by atoms with Gasteiger partial charge in [0.25, 0.3) is 5.91 Å². The van der Waals surface area contributed by atoms with Crippen molar-refractivity contribution >= 4 is 35.1 Å². The fourth-order valence-electron chi connectivity index (χ4n) is 2.12. The lowest BCUT2D eigenvalue weighted by atomic mass is 10.2. The van der Waals surface area contributed by atoms with Crippen LogP contribution in [0.1, 0.15) is 5.56 Å². The number of amides is 2. The van der Waals surface area contributed by atoms with Gasteiger partial charge in [-0.2, -0.15) is 0 Å². The van der Waals surface area contributed by atoms with E-state index in [0.717, 1.165) is 5.56 Å². The van der Waals surface area contributed by atoms with Gasteiger partial charge < -0.3 is 15.0 Å². The Morgan fingerprint density at radius 3 is 2.38 bits per heavy atom. The maximum atomic E-state index is 12.0. The molecule has 0 aliphatic carbocycles. The van der Waals surface area contributed by atoms with Gasteiger partial charge in [0.2, 0.25) is 5.91 Å². The van der Waals surface area contributed by atoms with Crippen LogP contribution in [0.15, 0.2) is 54.6 Å². The molecule has 0 aromatic heterocycles. The molecule has 0 aliphatic rings. The molecule has 0 bridgehead atoms. The van der Waals surface area contributed by atoms with Crippen LogP contribution in [0.3, 0.4) is 0 Å². The Kier molecular flexibility index (Phi) is 7.17. The molecule has 1 N–H and O–H groups in total. The lowest BCUT2D eigenvalue weighted by Gasteiger charge is -2.17. The summed E-state index contributed by atoms with van der Waals surface area (Å²) in [7, 11) is 1.46. The Balaban J connectivity index is 1.75. The molecule has 6 nitrogen and oxygen atoms in total. The van der Waals surface area contributed by atoms with Crippen molar-refractivity contribution in [2.45, 2.75) is 6.42 Å². The molecule has 2 amide bonds. The van der Waals surface area contributed by atoms with Gasteiger partial charge in [-0.05, 0) is 17.7 Å². The number of halogens is 1. The zero-order valence-electron chi connectivity index (χ0n) is 14.3. The highest BCUT2D eigenvalue weighted by Gasteiger charge is 2.16. The van der Waals surface area contributed by atoms with Crippen LogP contribution in [0, 0.1) is 0 Å². The number of likely N-dealkylation sites (N-methyl/N-ethyl adjacent to an activating group) is 1. The van der Waals surface area contributed by atoms with Gasteiger partial charge in [-0.1, -0.05) is 54.1 Å². The number of esters is 1. The van der Waals surface area contributed by atoms with Crippen molar-refractivity contribution in [1.82, 2.24) is 4.90 Å². The molecule has 0 saturated heterocycles. The standard InChI is InChI=1S/C19H19ClN2O4/c1-22(12-17(23)21-16-10-6-5-9-15(16)20)18(24)13-26-19(25)11-14-7-3-2-4-8-14/h2-10H,11-13H2,1H3,(H,21,23). The van der Waals surface area contributed by atoms with Gasteiger partial charge in [0.05, 0.1) is 23.7 Å². The van der Waals surface area contributed by atoms with E-state index in [-0.39, 0.29) is 13.0 Å². The number of rotatable bonds is 7. The lowest BCUT2D eigenvalue weighted by molar-refractivity contribution is -0.151. The van der Waals surface area contributed by atoms with Crippen LogP contribution in [0.5, 0.6) is 0 Å². The number of hydrogen-bond acceptors (Lipinski definition) is 4. The SMILES string of the molecule is CN(CC(=O)Nc1ccccc1Cl)C(=O)COC(=O)Cc1ccccc1. The normalized spacial score (nSPS) is 10.1. The van der Waals surface area contributed by atoms with E-state index in [9.17, 15) is 14.4 Å². The highest BCUT2D eigenvalue weighted by atomic mass is 35.5. The van der Waals surface area contributed by atoms with E-state index in [1.807, 2.05) is 18.2 Å². The summed E-state index contributed by atoms with van der Waals surface area (Å²) in [6.45, 7) is -0.595. The van der Waals surface area contributed by atoms with Crippen molar-refractivity contribution in [3.05, 3.63) is 65.2 Å². The first-order valence-corrected chi connectivity index (χ1v) is 8.31. The van der Waals surface area contributed by atoms with Gasteiger partial charge in [-0.25, -0.2) is 0 Å². The Morgan fingerprint density at radius 2 is 1.69 bits per heavy atom. The van der Waals surface area contributed by atoms with E-state index in [1.54, 1.807) is 36.4 Å². The van der Waals surface area contributed by atoms with Crippen molar-refractivity contribution in [3.63, 3.8) is 0 Å². The molecule has 0 atom stereocenters. The molecule has 0 heterocycles. The van der Waals surface area contributed by atoms with E-state index in [2.05, 4.69) is 5.32 Å². The number of anilines is 1. The molecular weight excluding hydrogens is 356 g/mol. The van der Waals surface area contributed by atoms with Crippen LogP contribution >= 0.6 is 11.6 Å². The molecule has 7 heteroatoms. The second-order valence-electron chi connectivity index (χ2n) is 5.60. The van der Waals surface area contributed by atoms with Gasteiger partial charge in [-0.3, -0.25) is 14.4 Å². The summed E-state index contributed by atoms with van der Waals surface area (Å²) in [5.41, 5.74) is 1.27. The highest BCUT2D eigenvalue weighted by Crippen LogP contribution is 2.20. The predicted octanol–water partition coefficient (Wildman–Crippen LogP) is 2.52. The van der Waals surface area contributed by atoms with E-state index >= 15 is 0 Å². The Labute approximate surface area is 156 Å². The number of para-hydroxylation sites is 1. The van der Waals surface area contributed by atoms with Crippen molar-refractivity contribution in [3.8, 4) is 0 Å². The molecule has 2 aromatic carbocycles. The first-order valence-electron chi connectivity index (χ1n) is 7.93. The summed E-state index contributed by atoms with van der Waals surface area (Å²) < 4.78 is 4.96. The van der Waals surface area contributed by atoms with Crippen LogP contribution < -0.4 is 5.32 Å². The molecule has 26 heavy (non-hydrogen) atoms. The molecule has 0 radical (unpaired) electrons. The summed E-state index contributed by atoms with van der Waals surface area (Å²) >= 11 is 5.97. The Bertz CT molecular complexity index is 780. The predicted molar refractivity (Wildman–Crippen MR) is 98.8 cm³/mol. The molecular formula is C19H19ClN2O4. The molecule has 2 rings (SSSR count). The maximum absolute atomic E-state index is 12.0. The third kappa shape index (κ3) is 6.22. The summed E-state index contributed by atoms with van der Waals surface area (Å²) in [6, 6.07) is 15.9. The number of hydrogen-bond donors (Lipinski definition) is 1. The number of ether oxygens (including phenoxy) is 1. The van der Waals surface area contributed by atoms with Crippen molar-refractivity contribution in [2.75, 3.05) is 25.5 Å². The average molecular weight is 375 g/mol. The van der Waals surface area contributed by atoms with Crippen molar-refractivity contribution < 1.29 is 19.1 Å². The fourth-order valence-corrected chi connectivity index (χ4v) is 2.30. The highest BCUT2D eigenvalue weighted by molar-refractivity contribution is 6.33. The number of carbonyl (C=O) groups excluding carboxylic acids is 3. The number of nitrogens with zero attached hydrogens (tertiary/aromatic N) is 1. The van der Waals surface area contributed by atoms with E-state index in [4.69, 9.17) is 16.3 Å². The van der Waals surface area contributed by atoms with Crippen LogP contribution in [0.4, 0.5) is 5.69 Å². The fraction of sp³-hybridized carbons (Fsp3) is 0.211. The minimum Gasteiger partial charge on any atom is -0.455 e. The van der Waals surface area contributed by atoms with Crippen molar-refractivity contribution in [1.29, 1.82) is 0 Å². The summed E-state index contributed by atoms with van der Waals surface area (Å²) in [5, 5.41) is 3.03. The van der Waals surface area contributed by atoms with Crippen LogP contribution in [-0.4, -0.2) is 42.9 Å². The average Bonchev–Trinajstić information content (AvgIpc) is 2.62. The number of carbonyl (C=O) groups is 3. The molecule has 0 spiro atoms. The maximum Gasteiger partial charge on any atom is 0.310 e. The van der Waals surface area contributed by atoms with E-state index < -0.39 is 24.4 Å². The largest absolute Gasteiger partial charge is 0.455 e. The number of benzene rings is 2. The Morgan fingerprint density at radius 1 is 1.04 bits per heavy atom. The molecule has 136 valence electrons. The molecule has 2 aromatic rings. The first kappa shape index (κ1) is 19.5. The third-order valence-electron chi connectivity index (χ3n) is 3.50.